The van der Waals surface area contributed by atoms with Crippen LogP contribution in [0.5, 0.6) is 5.75 Å². The smallest absolute Gasteiger partial charge is 0.234 e. The molecule has 0 spiro atoms. The molecule has 0 bridgehead atoms. The lowest BCUT2D eigenvalue weighted by atomic mass is 10.1. The molecule has 5 nitrogen and oxygen atoms in total. The molecule has 2 aromatic heterocycles. The first kappa shape index (κ1) is 14.6. The van der Waals surface area contributed by atoms with Gasteiger partial charge in [0.05, 0.1) is 16.4 Å². The minimum atomic E-state index is -0.494. The highest BCUT2D eigenvalue weighted by atomic mass is 79.9. The predicted molar refractivity (Wildman–Crippen MR) is 81.6 cm³/mol. The Labute approximate surface area is 133 Å². The third-order valence-electron chi connectivity index (χ3n) is 3.31. The van der Waals surface area contributed by atoms with Gasteiger partial charge in [0.15, 0.2) is 5.82 Å². The van der Waals surface area contributed by atoms with E-state index in [0.29, 0.717) is 22.2 Å². The number of benzene rings is 1. The number of phenols is 1. The number of rotatable bonds is 3. The van der Waals surface area contributed by atoms with E-state index in [9.17, 15) is 14.3 Å². The molecule has 3 aromatic rings. The van der Waals surface area contributed by atoms with Crippen LogP contribution >= 0.6 is 15.9 Å². The van der Waals surface area contributed by atoms with E-state index in [1.807, 2.05) is 6.92 Å². The van der Waals surface area contributed by atoms with Crippen molar-refractivity contribution < 1.29 is 14.3 Å². The van der Waals surface area contributed by atoms with Crippen molar-refractivity contribution in [2.45, 2.75) is 13.3 Å². The largest absolute Gasteiger partial charge is 0.507 e. The maximum absolute atomic E-state index is 13.4. The van der Waals surface area contributed by atoms with Crippen LogP contribution in [0.2, 0.25) is 0 Å². The molecule has 0 saturated carbocycles. The third-order valence-corrected chi connectivity index (χ3v) is 3.94. The SMILES string of the molecule is CCc1c(C(=O)c2ccc(O)c(Br)c2)nc2ncc(F)cn12. The quantitative estimate of drug-likeness (QED) is 0.726. The van der Waals surface area contributed by atoms with Crippen LogP contribution in [0.1, 0.15) is 28.7 Å². The molecule has 1 N–H and O–H groups in total. The molecule has 0 atom stereocenters. The lowest BCUT2D eigenvalue weighted by Gasteiger charge is -2.03. The maximum atomic E-state index is 13.4. The fourth-order valence-electron chi connectivity index (χ4n) is 2.26. The molecule has 0 amide bonds. The Balaban J connectivity index is 2.16. The molecule has 3 rings (SSSR count). The number of aromatic nitrogens is 3. The van der Waals surface area contributed by atoms with E-state index in [2.05, 4.69) is 25.9 Å². The highest BCUT2D eigenvalue weighted by molar-refractivity contribution is 9.10. The summed E-state index contributed by atoms with van der Waals surface area (Å²) in [5, 5.41) is 9.51. The molecule has 7 heteroatoms. The van der Waals surface area contributed by atoms with Crippen molar-refractivity contribution in [3.8, 4) is 5.75 Å². The average molecular weight is 364 g/mol. The van der Waals surface area contributed by atoms with Gasteiger partial charge in [-0.3, -0.25) is 9.20 Å². The zero-order chi connectivity index (χ0) is 15.9. The Morgan fingerprint density at radius 1 is 1.45 bits per heavy atom. The molecular formula is C15H11BrFN3O2. The Morgan fingerprint density at radius 2 is 2.23 bits per heavy atom. The van der Waals surface area contributed by atoms with Crippen LogP contribution in [0.4, 0.5) is 4.39 Å². The molecule has 22 heavy (non-hydrogen) atoms. The van der Waals surface area contributed by atoms with E-state index in [1.54, 1.807) is 0 Å². The molecule has 0 radical (unpaired) electrons. The molecule has 0 aliphatic heterocycles. The van der Waals surface area contributed by atoms with Crippen molar-refractivity contribution in [1.29, 1.82) is 0 Å². The summed E-state index contributed by atoms with van der Waals surface area (Å²) in [6.45, 7) is 1.86. The van der Waals surface area contributed by atoms with Gasteiger partial charge < -0.3 is 5.11 Å². The van der Waals surface area contributed by atoms with Crippen molar-refractivity contribution in [2.75, 3.05) is 0 Å². The van der Waals surface area contributed by atoms with Crippen molar-refractivity contribution in [2.24, 2.45) is 0 Å². The first-order valence-electron chi connectivity index (χ1n) is 6.57. The number of phenolic OH excluding ortho intramolecular Hbond substituents is 1. The second-order valence-corrected chi connectivity index (χ2v) is 5.55. The fraction of sp³-hybridized carbons (Fsp3) is 0.133. The zero-order valence-electron chi connectivity index (χ0n) is 11.5. The van der Waals surface area contributed by atoms with Gasteiger partial charge in [-0.2, -0.15) is 0 Å². The van der Waals surface area contributed by atoms with Gasteiger partial charge in [-0.25, -0.2) is 14.4 Å². The lowest BCUT2D eigenvalue weighted by Crippen LogP contribution is -2.06. The third kappa shape index (κ3) is 2.37. The highest BCUT2D eigenvalue weighted by Gasteiger charge is 2.20. The van der Waals surface area contributed by atoms with Crippen LogP contribution in [-0.2, 0) is 6.42 Å². The molecule has 0 aliphatic rings. The van der Waals surface area contributed by atoms with Crippen molar-refractivity contribution in [1.82, 2.24) is 14.4 Å². The summed E-state index contributed by atoms with van der Waals surface area (Å²) in [4.78, 5) is 20.7. The Bertz CT molecular complexity index is 892. The molecule has 0 saturated heterocycles. The zero-order valence-corrected chi connectivity index (χ0v) is 13.1. The molecule has 1 aromatic carbocycles. The summed E-state index contributed by atoms with van der Waals surface area (Å²) in [6, 6.07) is 4.46. The molecule has 0 unspecified atom stereocenters. The van der Waals surface area contributed by atoms with Crippen LogP contribution in [-0.4, -0.2) is 25.3 Å². The normalized spacial score (nSPS) is 11.0. The lowest BCUT2D eigenvalue weighted by molar-refractivity contribution is 0.103. The van der Waals surface area contributed by atoms with Crippen LogP contribution < -0.4 is 0 Å². The summed E-state index contributed by atoms with van der Waals surface area (Å²) < 4.78 is 15.3. The number of fused-ring (bicyclic) bond motifs is 1. The van der Waals surface area contributed by atoms with E-state index in [4.69, 9.17) is 0 Å². The van der Waals surface area contributed by atoms with Gasteiger partial charge in [-0.15, -0.1) is 0 Å². The van der Waals surface area contributed by atoms with Crippen LogP contribution in [0.15, 0.2) is 35.1 Å². The van der Waals surface area contributed by atoms with Crippen molar-refractivity contribution in [3.63, 3.8) is 0 Å². The van der Waals surface area contributed by atoms with Gasteiger partial charge in [0.25, 0.3) is 0 Å². The summed E-state index contributed by atoms with van der Waals surface area (Å²) in [6.07, 6.45) is 2.83. The van der Waals surface area contributed by atoms with Crippen LogP contribution in [0.3, 0.4) is 0 Å². The number of aryl methyl sites for hydroxylation is 1. The summed E-state index contributed by atoms with van der Waals surface area (Å²) >= 11 is 3.18. The first-order valence-corrected chi connectivity index (χ1v) is 7.36. The monoisotopic (exact) mass is 363 g/mol. The minimum Gasteiger partial charge on any atom is -0.507 e. The molecule has 0 fully saturated rings. The second kappa shape index (κ2) is 5.49. The minimum absolute atomic E-state index is 0.0472. The number of hydrogen-bond donors (Lipinski definition) is 1. The highest BCUT2D eigenvalue weighted by Crippen LogP contribution is 2.26. The average Bonchev–Trinajstić information content (AvgIpc) is 2.86. The predicted octanol–water partition coefficient (Wildman–Crippen LogP) is 3.13. The van der Waals surface area contributed by atoms with E-state index in [0.717, 1.165) is 6.20 Å². The van der Waals surface area contributed by atoms with E-state index in [1.165, 1.54) is 28.8 Å². The fourth-order valence-corrected chi connectivity index (χ4v) is 2.64. The molecule has 0 aliphatic carbocycles. The van der Waals surface area contributed by atoms with Gasteiger partial charge in [0.1, 0.15) is 11.4 Å². The Morgan fingerprint density at radius 3 is 2.91 bits per heavy atom. The molecular weight excluding hydrogens is 353 g/mol. The molecule has 2 heterocycles. The number of nitrogens with zero attached hydrogens (tertiary/aromatic N) is 3. The second-order valence-electron chi connectivity index (χ2n) is 4.70. The van der Waals surface area contributed by atoms with Crippen molar-refractivity contribution in [3.05, 3.63) is 57.8 Å². The van der Waals surface area contributed by atoms with E-state index in [-0.39, 0.29) is 23.0 Å². The number of carbonyl (C=O) groups is 1. The number of hydrogen-bond acceptors (Lipinski definition) is 4. The Hall–Kier alpha value is -2.28. The van der Waals surface area contributed by atoms with Gasteiger partial charge in [-0.05, 0) is 40.5 Å². The van der Waals surface area contributed by atoms with Crippen LogP contribution in [0, 0.1) is 5.82 Å². The van der Waals surface area contributed by atoms with Gasteiger partial charge in [0, 0.05) is 11.8 Å². The van der Waals surface area contributed by atoms with Crippen LogP contribution in [0.25, 0.3) is 5.78 Å². The van der Waals surface area contributed by atoms with Crippen molar-refractivity contribution >= 4 is 27.5 Å². The summed E-state index contributed by atoms with van der Waals surface area (Å²) in [5.74, 6) is -0.472. The van der Waals surface area contributed by atoms with Gasteiger partial charge in [0.2, 0.25) is 11.6 Å². The van der Waals surface area contributed by atoms with Gasteiger partial charge >= 0.3 is 0 Å². The number of ketones is 1. The number of imidazole rings is 1. The van der Waals surface area contributed by atoms with E-state index < -0.39 is 5.82 Å². The number of aromatic hydroxyl groups is 1. The first-order chi connectivity index (χ1) is 10.5. The summed E-state index contributed by atoms with van der Waals surface area (Å²) in [5.41, 5.74) is 1.21. The maximum Gasteiger partial charge on any atom is 0.234 e. The standard InChI is InChI=1S/C15H11BrFN3O2/c1-2-11-13(19-15-18-6-9(17)7-20(11)15)14(22)8-3-4-12(21)10(16)5-8/h3-7,21H,2H2,1H3. The molecule has 112 valence electrons. The number of carbonyl (C=O) groups excluding carboxylic acids is 1. The number of halogens is 2. The summed E-state index contributed by atoms with van der Waals surface area (Å²) in [7, 11) is 0. The van der Waals surface area contributed by atoms with E-state index >= 15 is 0 Å². The Kier molecular flexibility index (Phi) is 3.66. The topological polar surface area (TPSA) is 67.5 Å². The van der Waals surface area contributed by atoms with Gasteiger partial charge in [-0.1, -0.05) is 6.92 Å².